The fourth-order valence-corrected chi connectivity index (χ4v) is 3.68. The quantitative estimate of drug-likeness (QED) is 0.490. The maximum Gasteiger partial charge on any atom is 0.407 e. The third-order valence-electron chi connectivity index (χ3n) is 5.11. The van der Waals surface area contributed by atoms with Crippen molar-refractivity contribution in [1.29, 1.82) is 0 Å². The molecule has 29 heavy (non-hydrogen) atoms. The van der Waals surface area contributed by atoms with E-state index in [1.165, 1.54) is 17.2 Å². The summed E-state index contributed by atoms with van der Waals surface area (Å²) < 4.78 is 10.6. The van der Waals surface area contributed by atoms with Crippen molar-refractivity contribution in [2.45, 2.75) is 38.1 Å². The Morgan fingerprint density at radius 3 is 2.28 bits per heavy atom. The molecule has 1 amide bonds. The van der Waals surface area contributed by atoms with Crippen molar-refractivity contribution in [3.8, 4) is 11.1 Å². The normalized spacial score (nSPS) is 13.1. The molecule has 0 aromatic heterocycles. The van der Waals surface area contributed by atoms with Gasteiger partial charge in [0.25, 0.3) is 0 Å². The molecule has 2 aromatic carbocycles. The Bertz CT molecular complexity index is 831. The molecule has 0 aliphatic heterocycles. The number of unbranched alkanes of at least 4 members (excludes halogenated alkanes) is 1. The number of hydrogen-bond acceptors (Lipinski definition) is 4. The summed E-state index contributed by atoms with van der Waals surface area (Å²) in [5, 5.41) is 2.66. The molecule has 0 heterocycles. The molecule has 152 valence electrons. The highest BCUT2D eigenvalue weighted by Gasteiger charge is 2.29. The van der Waals surface area contributed by atoms with Crippen LogP contribution in [-0.4, -0.2) is 31.3 Å². The molecule has 5 heteroatoms. The summed E-state index contributed by atoms with van der Waals surface area (Å²) in [7, 11) is 0. The maximum absolute atomic E-state index is 12.4. The van der Waals surface area contributed by atoms with Crippen LogP contribution in [0, 0.1) is 0 Å². The molecule has 1 aliphatic rings. The van der Waals surface area contributed by atoms with E-state index in [0.29, 0.717) is 6.42 Å². The van der Waals surface area contributed by atoms with E-state index in [1.54, 1.807) is 0 Å². The molecule has 0 saturated heterocycles. The molecule has 1 atom stereocenters. The SMILES string of the molecule is C=CCOC(=O)C(CCCC)NC(=O)OCC1c2ccccc2-c2ccccc21. The zero-order valence-electron chi connectivity index (χ0n) is 16.7. The predicted molar refractivity (Wildman–Crippen MR) is 113 cm³/mol. The van der Waals surface area contributed by atoms with Gasteiger partial charge in [-0.25, -0.2) is 9.59 Å². The van der Waals surface area contributed by atoms with E-state index in [0.717, 1.165) is 24.0 Å². The summed E-state index contributed by atoms with van der Waals surface area (Å²) in [6.07, 6.45) is 3.12. The molecule has 0 spiro atoms. The maximum atomic E-state index is 12.4. The van der Waals surface area contributed by atoms with Gasteiger partial charge in [0.15, 0.2) is 0 Å². The van der Waals surface area contributed by atoms with Crippen molar-refractivity contribution >= 4 is 12.1 Å². The summed E-state index contributed by atoms with van der Waals surface area (Å²) in [5.41, 5.74) is 4.64. The summed E-state index contributed by atoms with van der Waals surface area (Å²) in [6.45, 7) is 5.89. The Morgan fingerprint density at radius 1 is 1.07 bits per heavy atom. The fraction of sp³-hybridized carbons (Fsp3) is 0.333. The van der Waals surface area contributed by atoms with Gasteiger partial charge in [-0.05, 0) is 28.7 Å². The molecule has 3 rings (SSSR count). The van der Waals surface area contributed by atoms with E-state index < -0.39 is 18.1 Å². The van der Waals surface area contributed by atoms with Gasteiger partial charge in [0, 0.05) is 5.92 Å². The number of carbonyl (C=O) groups is 2. The molecule has 1 unspecified atom stereocenters. The van der Waals surface area contributed by atoms with Gasteiger partial charge in [0.2, 0.25) is 0 Å². The van der Waals surface area contributed by atoms with Gasteiger partial charge in [0.1, 0.15) is 19.3 Å². The first-order valence-electron chi connectivity index (χ1n) is 10.0. The second-order valence-corrected chi connectivity index (χ2v) is 7.08. The molecule has 0 saturated carbocycles. The zero-order chi connectivity index (χ0) is 20.6. The number of alkyl carbamates (subject to hydrolysis) is 1. The summed E-state index contributed by atoms with van der Waals surface area (Å²) in [5.74, 6) is -0.484. The summed E-state index contributed by atoms with van der Waals surface area (Å²) in [4.78, 5) is 24.6. The minimum Gasteiger partial charge on any atom is -0.460 e. The van der Waals surface area contributed by atoms with Gasteiger partial charge < -0.3 is 14.8 Å². The highest BCUT2D eigenvalue weighted by molar-refractivity contribution is 5.82. The number of esters is 1. The van der Waals surface area contributed by atoms with Crippen LogP contribution in [0.3, 0.4) is 0 Å². The summed E-state index contributed by atoms with van der Waals surface area (Å²) >= 11 is 0. The molecular formula is C24H27NO4. The Kier molecular flexibility index (Phi) is 7.06. The van der Waals surface area contributed by atoms with Crippen molar-refractivity contribution in [2.24, 2.45) is 0 Å². The van der Waals surface area contributed by atoms with Gasteiger partial charge in [-0.2, -0.15) is 0 Å². The van der Waals surface area contributed by atoms with Crippen LogP contribution in [0.1, 0.15) is 43.2 Å². The standard InChI is InChI=1S/C24H27NO4/c1-3-5-14-22(23(26)28-15-4-2)25-24(27)29-16-21-19-12-8-6-10-17(19)18-11-7-9-13-20(18)21/h4,6-13,21-22H,2-3,5,14-16H2,1H3,(H,25,27). The van der Waals surface area contributed by atoms with Crippen LogP contribution < -0.4 is 5.32 Å². The first-order chi connectivity index (χ1) is 14.2. The lowest BCUT2D eigenvalue weighted by Crippen LogP contribution is -2.42. The number of benzene rings is 2. The van der Waals surface area contributed by atoms with Crippen LogP contribution in [0.4, 0.5) is 4.79 Å². The largest absolute Gasteiger partial charge is 0.460 e. The topological polar surface area (TPSA) is 64.6 Å². The summed E-state index contributed by atoms with van der Waals surface area (Å²) in [6, 6.07) is 15.6. The first kappa shape index (κ1) is 20.6. The Labute approximate surface area is 171 Å². The zero-order valence-corrected chi connectivity index (χ0v) is 16.7. The van der Waals surface area contributed by atoms with Crippen LogP contribution in [0.2, 0.25) is 0 Å². The molecular weight excluding hydrogens is 366 g/mol. The van der Waals surface area contributed by atoms with Crippen LogP contribution in [0.25, 0.3) is 11.1 Å². The van der Waals surface area contributed by atoms with Gasteiger partial charge in [0.05, 0.1) is 0 Å². The lowest BCUT2D eigenvalue weighted by atomic mass is 9.98. The number of rotatable bonds is 9. The number of amides is 1. The number of ether oxygens (including phenoxy) is 2. The minimum absolute atomic E-state index is 0.0186. The molecule has 0 radical (unpaired) electrons. The Morgan fingerprint density at radius 2 is 1.69 bits per heavy atom. The molecule has 0 fully saturated rings. The third kappa shape index (κ3) is 4.86. The van der Waals surface area contributed by atoms with Crippen molar-refractivity contribution in [1.82, 2.24) is 5.32 Å². The fourth-order valence-electron chi connectivity index (χ4n) is 3.68. The van der Waals surface area contributed by atoms with Gasteiger partial charge >= 0.3 is 12.1 Å². The lowest BCUT2D eigenvalue weighted by molar-refractivity contribution is -0.145. The van der Waals surface area contributed by atoms with Crippen LogP contribution >= 0.6 is 0 Å². The monoisotopic (exact) mass is 393 g/mol. The lowest BCUT2D eigenvalue weighted by Gasteiger charge is -2.19. The molecule has 2 aromatic rings. The molecule has 5 nitrogen and oxygen atoms in total. The van der Waals surface area contributed by atoms with Gasteiger partial charge in [-0.3, -0.25) is 0 Å². The number of carbonyl (C=O) groups excluding carboxylic acids is 2. The van der Waals surface area contributed by atoms with Crippen molar-refractivity contribution in [3.63, 3.8) is 0 Å². The van der Waals surface area contributed by atoms with Gasteiger partial charge in [-0.15, -0.1) is 0 Å². The first-order valence-corrected chi connectivity index (χ1v) is 10.0. The van der Waals surface area contributed by atoms with E-state index in [4.69, 9.17) is 9.47 Å². The smallest absolute Gasteiger partial charge is 0.407 e. The van der Waals surface area contributed by atoms with E-state index >= 15 is 0 Å². The molecule has 0 bridgehead atoms. The average Bonchev–Trinajstić information content (AvgIpc) is 3.07. The van der Waals surface area contributed by atoms with E-state index in [9.17, 15) is 9.59 Å². The van der Waals surface area contributed by atoms with Crippen molar-refractivity contribution < 1.29 is 19.1 Å². The Balaban J connectivity index is 1.65. The second kappa shape index (κ2) is 9.92. The highest BCUT2D eigenvalue weighted by Crippen LogP contribution is 2.44. The van der Waals surface area contributed by atoms with E-state index in [1.807, 2.05) is 31.2 Å². The Hall–Kier alpha value is -3.08. The molecule has 1 aliphatic carbocycles. The third-order valence-corrected chi connectivity index (χ3v) is 5.11. The van der Waals surface area contributed by atoms with Crippen LogP contribution in [-0.2, 0) is 14.3 Å². The predicted octanol–water partition coefficient (Wildman–Crippen LogP) is 4.81. The van der Waals surface area contributed by atoms with Crippen LogP contribution in [0.5, 0.6) is 0 Å². The van der Waals surface area contributed by atoms with Crippen LogP contribution in [0.15, 0.2) is 61.2 Å². The molecule has 1 N–H and O–H groups in total. The number of nitrogens with one attached hydrogen (secondary N) is 1. The van der Waals surface area contributed by atoms with Gasteiger partial charge in [-0.1, -0.05) is 81.0 Å². The van der Waals surface area contributed by atoms with Crippen molar-refractivity contribution in [2.75, 3.05) is 13.2 Å². The average molecular weight is 393 g/mol. The van der Waals surface area contributed by atoms with E-state index in [-0.39, 0.29) is 19.1 Å². The van der Waals surface area contributed by atoms with E-state index in [2.05, 4.69) is 36.2 Å². The second-order valence-electron chi connectivity index (χ2n) is 7.08. The van der Waals surface area contributed by atoms with Crippen molar-refractivity contribution in [3.05, 3.63) is 72.3 Å². The number of hydrogen-bond donors (Lipinski definition) is 1. The number of fused-ring (bicyclic) bond motifs is 3. The minimum atomic E-state index is -0.717. The highest BCUT2D eigenvalue weighted by atomic mass is 16.6.